The molecular weight excluding hydrogens is 342 g/mol. The Bertz CT molecular complexity index is 838. The van der Waals surface area contributed by atoms with Gasteiger partial charge < -0.3 is 14.6 Å². The van der Waals surface area contributed by atoms with Gasteiger partial charge in [0.05, 0.1) is 11.4 Å². The Kier molecular flexibility index (Phi) is 5.65. The summed E-state index contributed by atoms with van der Waals surface area (Å²) in [5.74, 6) is 0.637. The van der Waals surface area contributed by atoms with Gasteiger partial charge in [0.25, 0.3) is 0 Å². The number of benzene rings is 1. The van der Waals surface area contributed by atoms with Gasteiger partial charge in [-0.25, -0.2) is 9.67 Å². The van der Waals surface area contributed by atoms with Gasteiger partial charge in [-0.05, 0) is 30.3 Å². The summed E-state index contributed by atoms with van der Waals surface area (Å²) < 4.78 is 12.5. The summed E-state index contributed by atoms with van der Waals surface area (Å²) in [4.78, 5) is 4.33. The molecule has 1 aromatic carbocycles. The summed E-state index contributed by atoms with van der Waals surface area (Å²) >= 11 is 6.00. The molecule has 0 aliphatic rings. The largest absolute Gasteiger partial charge is 0.467 e. The van der Waals surface area contributed by atoms with Crippen molar-refractivity contribution in [2.45, 2.75) is 6.42 Å². The summed E-state index contributed by atoms with van der Waals surface area (Å²) in [6, 6.07) is 11.2. The molecule has 6 nitrogen and oxygen atoms in total. The first kappa shape index (κ1) is 17.4. The topological polar surface area (TPSA) is 69.4 Å². The summed E-state index contributed by atoms with van der Waals surface area (Å²) in [6.07, 6.45) is 3.97. The van der Waals surface area contributed by atoms with E-state index in [9.17, 15) is 5.11 Å². The zero-order chi connectivity index (χ0) is 17.6. The van der Waals surface area contributed by atoms with Crippen molar-refractivity contribution in [1.82, 2.24) is 14.8 Å². The van der Waals surface area contributed by atoms with Crippen LogP contribution in [0.15, 0.2) is 48.8 Å². The second kappa shape index (κ2) is 8.11. The van der Waals surface area contributed by atoms with E-state index in [0.717, 1.165) is 16.8 Å². The average molecular weight is 360 g/mol. The van der Waals surface area contributed by atoms with Crippen molar-refractivity contribution in [3.8, 4) is 22.6 Å². The van der Waals surface area contributed by atoms with Crippen LogP contribution in [0.5, 0.6) is 5.75 Å². The lowest BCUT2D eigenvalue weighted by molar-refractivity contribution is 0.0515. The van der Waals surface area contributed by atoms with E-state index >= 15 is 0 Å². The molecule has 0 amide bonds. The van der Waals surface area contributed by atoms with Crippen LogP contribution in [-0.2, 0) is 11.2 Å². The molecule has 0 bridgehead atoms. The van der Waals surface area contributed by atoms with Gasteiger partial charge >= 0.3 is 0 Å². The number of aromatic nitrogens is 3. The minimum atomic E-state index is -0.0139. The number of rotatable bonds is 7. The Labute approximate surface area is 150 Å². The first-order valence-electron chi connectivity index (χ1n) is 7.75. The minimum absolute atomic E-state index is 0.0139. The van der Waals surface area contributed by atoms with Crippen LogP contribution in [0.25, 0.3) is 16.8 Å². The van der Waals surface area contributed by atoms with E-state index in [-0.39, 0.29) is 13.4 Å². The molecule has 1 N–H and O–H groups in total. The number of hydrogen-bond acceptors (Lipinski definition) is 5. The number of pyridine rings is 1. The van der Waals surface area contributed by atoms with Crippen LogP contribution in [0.1, 0.15) is 5.69 Å². The van der Waals surface area contributed by atoms with Gasteiger partial charge in [-0.1, -0.05) is 11.6 Å². The number of aliphatic hydroxyl groups excluding tert-OH is 1. The molecular formula is C18H18ClN3O3. The van der Waals surface area contributed by atoms with Crippen molar-refractivity contribution in [3.05, 3.63) is 59.6 Å². The highest BCUT2D eigenvalue weighted by Gasteiger charge is 2.14. The van der Waals surface area contributed by atoms with Crippen LogP contribution in [0, 0.1) is 0 Å². The molecule has 2 aromatic heterocycles. The van der Waals surface area contributed by atoms with E-state index in [2.05, 4.69) is 10.1 Å². The van der Waals surface area contributed by atoms with Crippen LogP contribution in [0.2, 0.25) is 5.15 Å². The van der Waals surface area contributed by atoms with Gasteiger partial charge in [0, 0.05) is 49.7 Å². The lowest BCUT2D eigenvalue weighted by Gasteiger charge is -2.15. The molecule has 7 heteroatoms. The van der Waals surface area contributed by atoms with Crippen molar-refractivity contribution in [2.75, 3.05) is 20.5 Å². The number of hydrogen-bond donors (Lipinski definition) is 1. The standard InChI is InChI=1S/C18H18ClN3O3/c1-24-12-25-17-11-13(22-9-2-8-20-22)3-4-15(17)14-5-6-18(19)21-16(14)7-10-23/h2-6,8-9,11,23H,7,10,12H2,1H3. The Hall–Kier alpha value is -2.41. The monoisotopic (exact) mass is 359 g/mol. The summed E-state index contributed by atoms with van der Waals surface area (Å²) in [6.45, 7) is 0.103. The lowest BCUT2D eigenvalue weighted by Crippen LogP contribution is -2.04. The van der Waals surface area contributed by atoms with Gasteiger partial charge in [0.2, 0.25) is 0 Å². The maximum absolute atomic E-state index is 9.32. The second-order valence-corrected chi connectivity index (χ2v) is 5.67. The van der Waals surface area contributed by atoms with Crippen LogP contribution in [0.4, 0.5) is 0 Å². The van der Waals surface area contributed by atoms with Crippen LogP contribution >= 0.6 is 11.6 Å². The predicted molar refractivity (Wildman–Crippen MR) is 95.1 cm³/mol. The Morgan fingerprint density at radius 1 is 1.20 bits per heavy atom. The SMILES string of the molecule is COCOc1cc(-n2cccn2)ccc1-c1ccc(Cl)nc1CCO. The normalized spacial score (nSPS) is 10.8. The van der Waals surface area contributed by atoms with Crippen LogP contribution < -0.4 is 4.74 Å². The van der Waals surface area contributed by atoms with E-state index in [1.807, 2.05) is 36.5 Å². The summed E-state index contributed by atoms with van der Waals surface area (Å²) in [5.41, 5.74) is 3.28. The Morgan fingerprint density at radius 2 is 2.04 bits per heavy atom. The zero-order valence-corrected chi connectivity index (χ0v) is 14.5. The number of methoxy groups -OCH3 is 1. The van der Waals surface area contributed by atoms with Gasteiger partial charge in [-0.15, -0.1) is 0 Å². The molecule has 3 rings (SSSR count). The average Bonchev–Trinajstić information content (AvgIpc) is 3.15. The molecule has 0 saturated carbocycles. The molecule has 0 radical (unpaired) electrons. The van der Waals surface area contributed by atoms with E-state index < -0.39 is 0 Å². The van der Waals surface area contributed by atoms with Gasteiger partial charge in [0.15, 0.2) is 6.79 Å². The fraction of sp³-hybridized carbons (Fsp3) is 0.222. The Balaban J connectivity index is 2.08. The molecule has 0 fully saturated rings. The summed E-state index contributed by atoms with van der Waals surface area (Å²) in [7, 11) is 1.57. The first-order valence-corrected chi connectivity index (χ1v) is 8.13. The van der Waals surface area contributed by atoms with Crippen molar-refractivity contribution < 1.29 is 14.6 Å². The highest BCUT2D eigenvalue weighted by Crippen LogP contribution is 2.34. The third-order valence-corrected chi connectivity index (χ3v) is 3.86. The van der Waals surface area contributed by atoms with Crippen molar-refractivity contribution >= 4 is 11.6 Å². The van der Waals surface area contributed by atoms with Crippen molar-refractivity contribution in [2.24, 2.45) is 0 Å². The molecule has 2 heterocycles. The first-order chi connectivity index (χ1) is 12.2. The Morgan fingerprint density at radius 3 is 2.76 bits per heavy atom. The van der Waals surface area contributed by atoms with E-state index in [1.165, 1.54) is 0 Å². The molecule has 0 spiro atoms. The number of halogens is 1. The number of aliphatic hydroxyl groups is 1. The minimum Gasteiger partial charge on any atom is -0.467 e. The number of ether oxygens (including phenoxy) is 2. The fourth-order valence-corrected chi connectivity index (χ4v) is 2.72. The molecule has 0 aliphatic heterocycles. The molecule has 3 aromatic rings. The highest BCUT2D eigenvalue weighted by molar-refractivity contribution is 6.29. The van der Waals surface area contributed by atoms with Crippen molar-refractivity contribution in [1.29, 1.82) is 0 Å². The fourth-order valence-electron chi connectivity index (χ4n) is 2.56. The van der Waals surface area contributed by atoms with Crippen molar-refractivity contribution in [3.63, 3.8) is 0 Å². The molecule has 130 valence electrons. The van der Waals surface area contributed by atoms with Crippen LogP contribution in [0.3, 0.4) is 0 Å². The van der Waals surface area contributed by atoms with E-state index in [0.29, 0.717) is 23.0 Å². The summed E-state index contributed by atoms with van der Waals surface area (Å²) in [5, 5.41) is 13.9. The lowest BCUT2D eigenvalue weighted by atomic mass is 10.0. The van der Waals surface area contributed by atoms with Crippen LogP contribution in [-0.4, -0.2) is 40.4 Å². The maximum atomic E-state index is 9.32. The molecule has 0 unspecified atom stereocenters. The van der Waals surface area contributed by atoms with E-state index in [4.69, 9.17) is 21.1 Å². The van der Waals surface area contributed by atoms with Gasteiger partial charge in [0.1, 0.15) is 10.9 Å². The second-order valence-electron chi connectivity index (χ2n) is 5.28. The predicted octanol–water partition coefficient (Wildman–Crippen LogP) is 3.11. The third-order valence-electron chi connectivity index (χ3n) is 3.65. The highest BCUT2D eigenvalue weighted by atomic mass is 35.5. The quantitative estimate of drug-likeness (QED) is 0.518. The van der Waals surface area contributed by atoms with Gasteiger partial charge in [-0.2, -0.15) is 5.10 Å². The molecule has 25 heavy (non-hydrogen) atoms. The molecule has 0 aliphatic carbocycles. The maximum Gasteiger partial charge on any atom is 0.188 e. The van der Waals surface area contributed by atoms with E-state index in [1.54, 1.807) is 24.1 Å². The molecule has 0 saturated heterocycles. The smallest absolute Gasteiger partial charge is 0.188 e. The van der Waals surface area contributed by atoms with Gasteiger partial charge in [-0.3, -0.25) is 0 Å². The third kappa shape index (κ3) is 3.99. The molecule has 0 atom stereocenters. The number of nitrogens with zero attached hydrogens (tertiary/aromatic N) is 3. The zero-order valence-electron chi connectivity index (χ0n) is 13.7.